The smallest absolute Gasteiger partial charge is 0.362 e. The van der Waals surface area contributed by atoms with Crippen molar-refractivity contribution < 1.29 is 18.3 Å². The Labute approximate surface area is 93.7 Å². The zero-order valence-electron chi connectivity index (χ0n) is 8.03. The van der Waals surface area contributed by atoms with Crippen molar-refractivity contribution in [3.05, 3.63) is 0 Å². The van der Waals surface area contributed by atoms with Crippen molar-refractivity contribution >= 4 is 16.9 Å². The first-order valence-electron chi connectivity index (χ1n) is 4.23. The number of nitrogens with zero attached hydrogens (tertiary/aromatic N) is 3. The lowest BCUT2D eigenvalue weighted by atomic mass is 10.2. The molecule has 0 saturated carbocycles. The Bertz CT molecular complexity index is 340. The van der Waals surface area contributed by atoms with E-state index in [2.05, 4.69) is 4.99 Å². The predicted molar refractivity (Wildman–Crippen MR) is 52.3 cm³/mol. The van der Waals surface area contributed by atoms with Gasteiger partial charge in [-0.25, -0.2) is 4.90 Å². The van der Waals surface area contributed by atoms with Crippen molar-refractivity contribution in [2.24, 2.45) is 10.7 Å². The van der Waals surface area contributed by atoms with Crippen LogP contribution in [0.25, 0.3) is 0 Å². The molecule has 1 aliphatic heterocycles. The summed E-state index contributed by atoms with van der Waals surface area (Å²) in [5.41, 5.74) is 1.98. The molecule has 16 heavy (non-hydrogen) atoms. The summed E-state index contributed by atoms with van der Waals surface area (Å²) < 4.78 is 37.6. The highest BCUT2D eigenvalue weighted by Gasteiger charge is 2.63. The Hall–Kier alpha value is -0.980. The highest BCUT2D eigenvalue weighted by atomic mass is 32.2. The molecule has 0 aromatic rings. The second-order valence-electron chi connectivity index (χ2n) is 2.99. The number of hydrogen-bond donors (Lipinski definition) is 2. The molecule has 5 nitrogen and oxygen atoms in total. The summed E-state index contributed by atoms with van der Waals surface area (Å²) >= 11 is 0.677. The quantitative estimate of drug-likeness (QED) is 0.682. The fourth-order valence-corrected chi connectivity index (χ4v) is 2.19. The van der Waals surface area contributed by atoms with E-state index in [9.17, 15) is 18.3 Å². The third-order valence-corrected chi connectivity index (χ3v) is 3.01. The third-order valence-electron chi connectivity index (χ3n) is 1.89. The molecule has 0 spiro atoms. The Morgan fingerprint density at radius 3 is 2.75 bits per heavy atom. The highest BCUT2D eigenvalue weighted by molar-refractivity contribution is 8.14. The molecule has 1 atom stereocenters. The molecule has 1 rings (SSSR count). The minimum Gasteiger partial charge on any atom is -0.362 e. The Morgan fingerprint density at radius 1 is 1.69 bits per heavy atom. The van der Waals surface area contributed by atoms with Gasteiger partial charge in [0.05, 0.1) is 12.3 Å². The van der Waals surface area contributed by atoms with Gasteiger partial charge < -0.3 is 10.8 Å². The summed E-state index contributed by atoms with van der Waals surface area (Å²) in [6, 6.07) is 0. The Morgan fingerprint density at radius 2 is 2.31 bits per heavy atom. The van der Waals surface area contributed by atoms with Gasteiger partial charge in [-0.2, -0.15) is 18.4 Å². The van der Waals surface area contributed by atoms with Crippen LogP contribution in [0.1, 0.15) is 0 Å². The molecule has 0 bridgehead atoms. The van der Waals surface area contributed by atoms with Crippen LogP contribution in [0.5, 0.6) is 0 Å². The second kappa shape index (κ2) is 4.48. The maximum Gasteiger partial charge on any atom is 0.438 e. The zero-order chi connectivity index (χ0) is 12.4. The molecule has 0 aliphatic carbocycles. The molecule has 1 fully saturated rings. The van der Waals surface area contributed by atoms with Crippen LogP contribution in [0.3, 0.4) is 0 Å². The fourth-order valence-electron chi connectivity index (χ4n) is 1.06. The van der Waals surface area contributed by atoms with Gasteiger partial charge in [0.1, 0.15) is 0 Å². The van der Waals surface area contributed by atoms with Crippen LogP contribution in [0.15, 0.2) is 4.99 Å². The third kappa shape index (κ3) is 2.09. The number of rotatable bonds is 2. The molecule has 0 radical (unpaired) electrons. The summed E-state index contributed by atoms with van der Waals surface area (Å²) in [6.45, 7) is 0.266. The molecule has 1 aliphatic rings. The van der Waals surface area contributed by atoms with Gasteiger partial charge in [0.25, 0.3) is 5.72 Å². The van der Waals surface area contributed by atoms with Gasteiger partial charge in [-0.05, 0) is 0 Å². The van der Waals surface area contributed by atoms with Crippen LogP contribution in [0.2, 0.25) is 0 Å². The van der Waals surface area contributed by atoms with E-state index in [0.29, 0.717) is 11.8 Å². The monoisotopic (exact) mass is 254 g/mol. The Kier molecular flexibility index (Phi) is 3.67. The lowest BCUT2D eigenvalue weighted by Crippen LogP contribution is -2.56. The molecule has 0 amide bonds. The average molecular weight is 254 g/mol. The maximum absolute atomic E-state index is 12.5. The second-order valence-corrected chi connectivity index (χ2v) is 3.93. The normalized spacial score (nSPS) is 28.5. The zero-order valence-corrected chi connectivity index (χ0v) is 8.85. The number of amidine groups is 1. The molecule has 1 unspecified atom stereocenters. The molecular formula is C7H9F3N4OS. The first kappa shape index (κ1) is 13.1. The van der Waals surface area contributed by atoms with Gasteiger partial charge in [-0.3, -0.25) is 4.99 Å². The van der Waals surface area contributed by atoms with Crippen LogP contribution in [-0.2, 0) is 0 Å². The van der Waals surface area contributed by atoms with E-state index in [1.54, 1.807) is 0 Å². The number of nitriles is 1. The van der Waals surface area contributed by atoms with Gasteiger partial charge in [0.15, 0.2) is 11.4 Å². The van der Waals surface area contributed by atoms with Gasteiger partial charge >= 0.3 is 6.18 Å². The first-order valence-corrected chi connectivity index (χ1v) is 5.22. The molecule has 0 aromatic heterocycles. The largest absolute Gasteiger partial charge is 0.438 e. The number of aliphatic imine (C=N–C) groups is 1. The topological polar surface area (TPSA) is 85.6 Å². The van der Waals surface area contributed by atoms with Crippen molar-refractivity contribution in [1.82, 2.24) is 4.90 Å². The van der Waals surface area contributed by atoms with Crippen molar-refractivity contribution in [3.63, 3.8) is 0 Å². The predicted octanol–water partition coefficient (Wildman–Crippen LogP) is 0.0819. The van der Waals surface area contributed by atoms with E-state index in [0.717, 1.165) is 0 Å². The van der Waals surface area contributed by atoms with E-state index in [1.165, 1.54) is 6.19 Å². The number of alkyl halides is 3. The molecule has 1 saturated heterocycles. The average Bonchev–Trinajstić information content (AvgIpc) is 2.52. The van der Waals surface area contributed by atoms with Crippen LogP contribution in [-0.4, -0.2) is 45.9 Å². The number of nitrogens with two attached hydrogens (primary N) is 1. The van der Waals surface area contributed by atoms with Gasteiger partial charge in [-0.15, -0.1) is 0 Å². The number of aliphatic hydroxyl groups is 1. The van der Waals surface area contributed by atoms with E-state index >= 15 is 0 Å². The number of hydrogen-bond acceptors (Lipinski definition) is 5. The Balaban J connectivity index is 2.99. The molecule has 1 heterocycles. The molecular weight excluding hydrogens is 245 g/mol. The SMILES string of the molecule is N#CN1C(=NCCN)SCC1(O)C(F)(F)F. The molecule has 0 aromatic carbocycles. The first-order chi connectivity index (χ1) is 7.36. The summed E-state index contributed by atoms with van der Waals surface area (Å²) in [5, 5.41) is 17.9. The van der Waals surface area contributed by atoms with Crippen LogP contribution in [0.4, 0.5) is 13.2 Å². The number of halogens is 3. The summed E-state index contributed by atoms with van der Waals surface area (Å²) in [5.74, 6) is -0.673. The van der Waals surface area contributed by atoms with E-state index in [1.807, 2.05) is 0 Å². The van der Waals surface area contributed by atoms with Gasteiger partial charge in [0.2, 0.25) is 0 Å². The fraction of sp³-hybridized carbons (Fsp3) is 0.714. The van der Waals surface area contributed by atoms with E-state index < -0.39 is 17.7 Å². The summed E-state index contributed by atoms with van der Waals surface area (Å²) in [7, 11) is 0. The number of thioether (sulfide) groups is 1. The molecule has 90 valence electrons. The van der Waals surface area contributed by atoms with E-state index in [-0.39, 0.29) is 23.2 Å². The summed E-state index contributed by atoms with van der Waals surface area (Å²) in [6.07, 6.45) is -3.62. The maximum atomic E-state index is 12.5. The van der Waals surface area contributed by atoms with Crippen molar-refractivity contribution in [1.29, 1.82) is 5.26 Å². The van der Waals surface area contributed by atoms with E-state index in [4.69, 9.17) is 11.0 Å². The minimum absolute atomic E-state index is 0.106. The highest BCUT2D eigenvalue weighted by Crippen LogP contribution is 2.42. The standard InChI is InChI=1S/C7H9F3N4OS/c8-7(9,10)6(15)3-16-5(13-2-1-11)14(6)4-12/h15H,1-3,11H2. The van der Waals surface area contributed by atoms with Crippen molar-refractivity contribution in [2.45, 2.75) is 11.9 Å². The van der Waals surface area contributed by atoms with Crippen LogP contribution in [0, 0.1) is 11.5 Å². The minimum atomic E-state index is -4.91. The van der Waals surface area contributed by atoms with Gasteiger partial charge in [-0.1, -0.05) is 11.8 Å². The van der Waals surface area contributed by atoms with Crippen LogP contribution < -0.4 is 5.73 Å². The van der Waals surface area contributed by atoms with Gasteiger partial charge in [0, 0.05) is 6.54 Å². The lowest BCUT2D eigenvalue weighted by molar-refractivity contribution is -0.280. The van der Waals surface area contributed by atoms with Crippen molar-refractivity contribution in [2.75, 3.05) is 18.8 Å². The van der Waals surface area contributed by atoms with Crippen LogP contribution >= 0.6 is 11.8 Å². The molecule has 3 N–H and O–H groups in total. The lowest BCUT2D eigenvalue weighted by Gasteiger charge is -2.29. The summed E-state index contributed by atoms with van der Waals surface area (Å²) in [4.78, 5) is 3.87. The van der Waals surface area contributed by atoms with Crippen molar-refractivity contribution in [3.8, 4) is 6.19 Å². The molecule has 9 heteroatoms.